The molecule has 0 spiro atoms. The lowest BCUT2D eigenvalue weighted by atomic mass is 10.0. The van der Waals surface area contributed by atoms with Gasteiger partial charge in [0.2, 0.25) is 5.91 Å². The number of hydrogen-bond donors (Lipinski definition) is 2. The van der Waals surface area contributed by atoms with Gasteiger partial charge in [0.25, 0.3) is 15.9 Å². The van der Waals surface area contributed by atoms with E-state index >= 15 is 0 Å². The molecule has 3 aromatic carbocycles. The van der Waals surface area contributed by atoms with Crippen molar-refractivity contribution < 1.29 is 32.6 Å². The molecule has 0 radical (unpaired) electrons. The molecule has 1 aliphatic heterocycles. The van der Waals surface area contributed by atoms with Crippen molar-refractivity contribution in [1.29, 1.82) is 0 Å². The largest absolute Gasteiger partial charge is 0.490 e. The van der Waals surface area contributed by atoms with Crippen LogP contribution >= 0.6 is 11.6 Å². The first kappa shape index (κ1) is 37.2. The lowest BCUT2D eigenvalue weighted by Crippen LogP contribution is -2.48. The molecule has 48 heavy (non-hydrogen) atoms. The Morgan fingerprint density at radius 1 is 1.08 bits per heavy atom. The quantitative estimate of drug-likeness (QED) is 0.296. The van der Waals surface area contributed by atoms with E-state index < -0.39 is 22.0 Å². The summed E-state index contributed by atoms with van der Waals surface area (Å²) in [6, 6.07) is 19.4. The second-order valence-corrected chi connectivity index (χ2v) is 14.6. The highest BCUT2D eigenvalue weighted by atomic mass is 35.5. The summed E-state index contributed by atoms with van der Waals surface area (Å²) in [7, 11) is -2.23. The van der Waals surface area contributed by atoms with Gasteiger partial charge >= 0.3 is 0 Å². The molecule has 0 bridgehead atoms. The van der Waals surface area contributed by atoms with E-state index in [9.17, 15) is 23.1 Å². The van der Waals surface area contributed by atoms with E-state index in [2.05, 4.69) is 4.72 Å². The molecule has 1 heterocycles. The number of halogens is 1. The Morgan fingerprint density at radius 3 is 2.48 bits per heavy atom. The number of nitrogens with zero attached hydrogens (tertiary/aromatic N) is 2. The van der Waals surface area contributed by atoms with Crippen molar-refractivity contribution in [2.45, 2.75) is 69.6 Å². The predicted molar refractivity (Wildman–Crippen MR) is 187 cm³/mol. The molecule has 0 aromatic heterocycles. The van der Waals surface area contributed by atoms with Crippen molar-refractivity contribution in [2.75, 3.05) is 38.1 Å². The summed E-state index contributed by atoms with van der Waals surface area (Å²) in [4.78, 5) is 30.7. The molecule has 0 saturated carbocycles. The first-order chi connectivity index (χ1) is 22.9. The molecule has 2 amide bonds. The smallest absolute Gasteiger partial charge is 0.261 e. The predicted octanol–water partition coefficient (Wildman–Crippen LogP) is 5.64. The number of anilines is 1. The van der Waals surface area contributed by atoms with E-state index in [1.165, 1.54) is 30.3 Å². The van der Waals surface area contributed by atoms with E-state index in [-0.39, 0.29) is 59.8 Å². The number of sulfonamides is 1. The Balaban J connectivity index is 1.63. The second-order valence-electron chi connectivity index (χ2n) is 12.5. The highest BCUT2D eigenvalue weighted by Crippen LogP contribution is 2.30. The van der Waals surface area contributed by atoms with E-state index in [0.29, 0.717) is 30.3 Å². The zero-order valence-corrected chi connectivity index (χ0v) is 29.5. The summed E-state index contributed by atoms with van der Waals surface area (Å²) in [5.41, 5.74) is 1.27. The van der Waals surface area contributed by atoms with Crippen molar-refractivity contribution in [3.8, 4) is 5.75 Å². The van der Waals surface area contributed by atoms with Gasteiger partial charge in [-0.1, -0.05) is 48.9 Å². The maximum atomic E-state index is 14.4. The van der Waals surface area contributed by atoms with Gasteiger partial charge in [-0.2, -0.15) is 0 Å². The minimum atomic E-state index is -3.99. The van der Waals surface area contributed by atoms with Gasteiger partial charge in [0, 0.05) is 43.4 Å². The monoisotopic (exact) mass is 699 g/mol. The van der Waals surface area contributed by atoms with Gasteiger partial charge in [0.15, 0.2) is 0 Å². The number of fused-ring (bicyclic) bond motifs is 1. The molecule has 10 nitrogen and oxygen atoms in total. The van der Waals surface area contributed by atoms with E-state index in [1.54, 1.807) is 35.9 Å². The summed E-state index contributed by atoms with van der Waals surface area (Å²) in [6.07, 6.45) is 1.95. The number of aliphatic hydroxyl groups is 1. The summed E-state index contributed by atoms with van der Waals surface area (Å²) in [6.45, 7) is 6.36. The van der Waals surface area contributed by atoms with Crippen LogP contribution in [0.25, 0.3) is 0 Å². The molecule has 260 valence electrons. The van der Waals surface area contributed by atoms with Crippen LogP contribution in [0.15, 0.2) is 77.7 Å². The highest BCUT2D eigenvalue weighted by molar-refractivity contribution is 7.92. The average Bonchev–Trinajstić information content (AvgIpc) is 3.06. The van der Waals surface area contributed by atoms with Gasteiger partial charge in [0.05, 0.1) is 41.7 Å². The number of amides is 2. The highest BCUT2D eigenvalue weighted by Gasteiger charge is 2.31. The molecule has 3 aromatic rings. The van der Waals surface area contributed by atoms with Gasteiger partial charge < -0.3 is 24.4 Å². The maximum absolute atomic E-state index is 14.4. The fraction of sp³-hybridized carbons (Fsp3) is 0.444. The number of ether oxygens (including phenoxy) is 2. The zero-order valence-electron chi connectivity index (χ0n) is 28.0. The van der Waals surface area contributed by atoms with Crippen LogP contribution < -0.4 is 9.46 Å². The SMILES string of the molecule is C[C@H]1CCCCO[C@H](CN(C)C(=O)Cc2ccccc2)[C@@H](C)CN([C@@H](C)CO)C(=O)c2cc(NS(=O)(=O)c3ccc(Cl)cc3)ccc2O1. The van der Waals surface area contributed by atoms with Crippen LogP contribution in [0, 0.1) is 5.92 Å². The number of hydrogen-bond acceptors (Lipinski definition) is 7. The summed E-state index contributed by atoms with van der Waals surface area (Å²) in [5, 5.41) is 10.6. The van der Waals surface area contributed by atoms with Crippen LogP contribution in [0.1, 0.15) is 56.0 Å². The van der Waals surface area contributed by atoms with Crippen LogP contribution in [-0.4, -0.2) is 86.7 Å². The Labute approximate surface area is 289 Å². The Morgan fingerprint density at radius 2 is 1.79 bits per heavy atom. The summed E-state index contributed by atoms with van der Waals surface area (Å²) >= 11 is 5.95. The maximum Gasteiger partial charge on any atom is 0.261 e. The van der Waals surface area contributed by atoms with Gasteiger partial charge in [-0.25, -0.2) is 8.42 Å². The fourth-order valence-corrected chi connectivity index (χ4v) is 6.73. The normalized spacial score (nSPS) is 20.2. The van der Waals surface area contributed by atoms with Crippen molar-refractivity contribution in [2.24, 2.45) is 5.92 Å². The second kappa shape index (κ2) is 17.1. The lowest BCUT2D eigenvalue weighted by Gasteiger charge is -2.36. The third-order valence-corrected chi connectivity index (χ3v) is 10.2. The Kier molecular flexibility index (Phi) is 13.3. The topological polar surface area (TPSA) is 125 Å². The van der Waals surface area contributed by atoms with Gasteiger partial charge in [-0.05, 0) is 81.1 Å². The van der Waals surface area contributed by atoms with Crippen molar-refractivity contribution >= 4 is 39.1 Å². The van der Waals surface area contributed by atoms with E-state index in [0.717, 1.165) is 18.4 Å². The van der Waals surface area contributed by atoms with Crippen LogP contribution in [-0.2, 0) is 26.0 Å². The lowest BCUT2D eigenvalue weighted by molar-refractivity contribution is -0.131. The molecule has 0 unspecified atom stereocenters. The molecule has 2 N–H and O–H groups in total. The number of benzene rings is 3. The van der Waals surface area contributed by atoms with Crippen LogP contribution in [0.5, 0.6) is 5.75 Å². The number of carbonyl (C=O) groups excluding carboxylic acids is 2. The minimum absolute atomic E-state index is 0.0193. The molecular weight excluding hydrogens is 654 g/mol. The number of aliphatic hydroxyl groups excluding tert-OH is 1. The molecular formula is C36H46ClN3O7S. The Bertz CT molecular complexity index is 1620. The molecule has 4 rings (SSSR count). The minimum Gasteiger partial charge on any atom is -0.490 e. The van der Waals surface area contributed by atoms with Crippen molar-refractivity contribution in [1.82, 2.24) is 9.80 Å². The summed E-state index contributed by atoms with van der Waals surface area (Å²) in [5.74, 6) is -0.377. The molecule has 4 atom stereocenters. The van der Waals surface area contributed by atoms with Crippen LogP contribution in [0.4, 0.5) is 5.69 Å². The fourth-order valence-electron chi connectivity index (χ4n) is 5.55. The van der Waals surface area contributed by atoms with Crippen molar-refractivity contribution in [3.05, 3.63) is 88.9 Å². The third-order valence-electron chi connectivity index (χ3n) is 8.51. The first-order valence-electron chi connectivity index (χ1n) is 16.3. The number of nitrogens with one attached hydrogen (secondary N) is 1. The molecule has 0 fully saturated rings. The number of likely N-dealkylation sites (N-methyl/N-ethyl adjacent to an activating group) is 1. The van der Waals surface area contributed by atoms with Crippen LogP contribution in [0.2, 0.25) is 5.02 Å². The first-order valence-corrected chi connectivity index (χ1v) is 18.1. The van der Waals surface area contributed by atoms with Gasteiger partial charge in [-0.3, -0.25) is 14.3 Å². The van der Waals surface area contributed by atoms with Crippen molar-refractivity contribution in [3.63, 3.8) is 0 Å². The average molecular weight is 700 g/mol. The van der Waals surface area contributed by atoms with Gasteiger partial charge in [-0.15, -0.1) is 0 Å². The zero-order chi connectivity index (χ0) is 34.8. The standard InChI is InChI=1S/C36H46ClN3O7S/c1-25-22-40(26(2)24-41)36(43)32-21-30(38-48(44,45)31-16-13-29(37)14-17-31)15-18-33(32)47-27(3)10-8-9-19-46-34(25)23-39(4)35(42)20-28-11-6-5-7-12-28/h5-7,11-18,21,25-27,34,38,41H,8-10,19-20,22-24H2,1-4H3/t25-,26-,27-,34+/m0/s1. The van der Waals surface area contributed by atoms with Gasteiger partial charge in [0.1, 0.15) is 5.75 Å². The number of rotatable bonds is 9. The van der Waals surface area contributed by atoms with E-state index in [4.69, 9.17) is 21.1 Å². The summed E-state index contributed by atoms with van der Waals surface area (Å²) < 4.78 is 41.5. The van der Waals surface area contributed by atoms with E-state index in [1.807, 2.05) is 44.2 Å². The Hall–Kier alpha value is -3.64. The third kappa shape index (κ3) is 10.2. The molecule has 0 aliphatic carbocycles. The number of carbonyl (C=O) groups is 2. The molecule has 12 heteroatoms. The molecule has 1 aliphatic rings. The molecule has 0 saturated heterocycles. The van der Waals surface area contributed by atoms with Crippen LogP contribution in [0.3, 0.4) is 0 Å².